The van der Waals surface area contributed by atoms with Crippen molar-refractivity contribution in [2.24, 2.45) is 5.92 Å². The summed E-state index contributed by atoms with van der Waals surface area (Å²) in [5, 5.41) is 19.3. The van der Waals surface area contributed by atoms with Gasteiger partial charge in [-0.25, -0.2) is 9.59 Å². The van der Waals surface area contributed by atoms with E-state index in [0.29, 0.717) is 4.57 Å². The van der Waals surface area contributed by atoms with Gasteiger partial charge in [0, 0.05) is 24.3 Å². The zero-order chi connectivity index (χ0) is 19.8. The first-order valence-electron chi connectivity index (χ1n) is 8.50. The summed E-state index contributed by atoms with van der Waals surface area (Å²) in [5.41, 5.74) is -2.38. The molecule has 1 aromatic rings. The van der Waals surface area contributed by atoms with E-state index in [1.54, 1.807) is 27.7 Å². The Balaban J connectivity index is 2.51. The highest BCUT2D eigenvalue weighted by molar-refractivity contribution is 5.70. The zero-order valence-electron chi connectivity index (χ0n) is 15.6. The number of hydrogen-bond donors (Lipinski definition) is 2. The minimum atomic E-state index is -1.07. The summed E-state index contributed by atoms with van der Waals surface area (Å²) < 4.78 is 12.4. The van der Waals surface area contributed by atoms with E-state index in [1.807, 2.05) is 0 Å². The molecule has 0 saturated carbocycles. The second kappa shape index (κ2) is 7.34. The SMILES string of the molecule is Cc1cn([C@@H]2O[C@H](CCO)[C@H](O)C2C)c(=O)n(C(=O)OC(C)(C)C)c1=O. The molecule has 0 radical (unpaired) electrons. The Morgan fingerprint density at radius 2 is 1.96 bits per heavy atom. The van der Waals surface area contributed by atoms with Crippen LogP contribution in [-0.2, 0) is 9.47 Å². The quantitative estimate of drug-likeness (QED) is 0.789. The predicted octanol–water partition coefficient (Wildman–Crippen LogP) is 0.378. The topological polar surface area (TPSA) is 120 Å². The first-order valence-corrected chi connectivity index (χ1v) is 8.50. The number of ether oxygens (including phenoxy) is 2. The minimum Gasteiger partial charge on any atom is -0.443 e. The van der Waals surface area contributed by atoms with Crippen molar-refractivity contribution in [1.82, 2.24) is 9.13 Å². The molecule has 1 saturated heterocycles. The van der Waals surface area contributed by atoms with Crippen LogP contribution in [0.5, 0.6) is 0 Å². The summed E-state index contributed by atoms with van der Waals surface area (Å²) in [6, 6.07) is 0. The van der Waals surface area contributed by atoms with Gasteiger partial charge in [-0.2, -0.15) is 4.57 Å². The maximum absolute atomic E-state index is 12.8. The Morgan fingerprint density at radius 1 is 1.35 bits per heavy atom. The van der Waals surface area contributed by atoms with Gasteiger partial charge in [0.25, 0.3) is 5.56 Å². The lowest BCUT2D eigenvalue weighted by Gasteiger charge is -2.22. The van der Waals surface area contributed by atoms with Crippen LogP contribution in [-0.4, -0.2) is 49.9 Å². The fraction of sp³-hybridized carbons (Fsp3) is 0.706. The Kier molecular flexibility index (Phi) is 5.74. The first-order chi connectivity index (χ1) is 12.0. The molecule has 0 amide bonds. The Labute approximate surface area is 150 Å². The minimum absolute atomic E-state index is 0.159. The number of carbonyl (C=O) groups excluding carboxylic acids is 1. The lowest BCUT2D eigenvalue weighted by molar-refractivity contribution is -0.0339. The van der Waals surface area contributed by atoms with Gasteiger partial charge in [-0.15, -0.1) is 0 Å². The molecule has 1 fully saturated rings. The molecule has 1 aliphatic rings. The van der Waals surface area contributed by atoms with Crippen molar-refractivity contribution in [3.63, 3.8) is 0 Å². The van der Waals surface area contributed by atoms with E-state index in [9.17, 15) is 19.5 Å². The number of aliphatic hydroxyl groups excluding tert-OH is 2. The molecule has 2 heterocycles. The predicted molar refractivity (Wildman–Crippen MR) is 92.1 cm³/mol. The average molecular weight is 370 g/mol. The second-order valence-corrected chi connectivity index (χ2v) is 7.55. The Hall–Kier alpha value is -1.97. The molecule has 4 atom stereocenters. The highest BCUT2D eigenvalue weighted by Gasteiger charge is 2.42. The van der Waals surface area contributed by atoms with Gasteiger partial charge in [-0.3, -0.25) is 9.36 Å². The molecule has 1 aliphatic heterocycles. The third-order valence-corrected chi connectivity index (χ3v) is 4.23. The Morgan fingerprint density at radius 3 is 2.50 bits per heavy atom. The van der Waals surface area contributed by atoms with Crippen molar-refractivity contribution in [3.8, 4) is 0 Å². The van der Waals surface area contributed by atoms with Crippen LogP contribution in [0, 0.1) is 12.8 Å². The molecule has 146 valence electrons. The molecule has 1 aromatic heterocycles. The number of aryl methyl sites for hydroxylation is 1. The third kappa shape index (κ3) is 3.89. The van der Waals surface area contributed by atoms with Crippen molar-refractivity contribution < 1.29 is 24.5 Å². The smallest absolute Gasteiger partial charge is 0.425 e. The van der Waals surface area contributed by atoms with E-state index in [1.165, 1.54) is 13.1 Å². The molecule has 26 heavy (non-hydrogen) atoms. The summed E-state index contributed by atoms with van der Waals surface area (Å²) in [4.78, 5) is 37.4. The number of carbonyl (C=O) groups is 1. The summed E-state index contributed by atoms with van der Waals surface area (Å²) in [6.45, 7) is 7.87. The summed E-state index contributed by atoms with van der Waals surface area (Å²) >= 11 is 0. The van der Waals surface area contributed by atoms with E-state index < -0.39 is 47.3 Å². The fourth-order valence-corrected chi connectivity index (χ4v) is 2.92. The normalized spacial score (nSPS) is 26.1. The van der Waals surface area contributed by atoms with Gasteiger partial charge in [0.1, 0.15) is 11.8 Å². The van der Waals surface area contributed by atoms with Crippen LogP contribution in [0.1, 0.15) is 45.9 Å². The van der Waals surface area contributed by atoms with Gasteiger partial charge in [0.05, 0.1) is 12.2 Å². The van der Waals surface area contributed by atoms with Gasteiger partial charge >= 0.3 is 11.8 Å². The van der Waals surface area contributed by atoms with Gasteiger partial charge in [-0.1, -0.05) is 6.92 Å². The molecule has 2 N–H and O–H groups in total. The maximum Gasteiger partial charge on any atom is 0.425 e. The lowest BCUT2D eigenvalue weighted by Crippen LogP contribution is -2.47. The fourth-order valence-electron chi connectivity index (χ4n) is 2.92. The van der Waals surface area contributed by atoms with E-state index in [0.717, 1.165) is 4.57 Å². The molecule has 9 nitrogen and oxygen atoms in total. The van der Waals surface area contributed by atoms with E-state index in [2.05, 4.69) is 0 Å². The molecular formula is C17H26N2O7. The first kappa shape index (κ1) is 20.3. The largest absolute Gasteiger partial charge is 0.443 e. The summed E-state index contributed by atoms with van der Waals surface area (Å²) in [5.74, 6) is -0.478. The Bertz CT molecular complexity index is 790. The molecule has 9 heteroatoms. The van der Waals surface area contributed by atoms with Crippen molar-refractivity contribution in [3.05, 3.63) is 32.6 Å². The van der Waals surface area contributed by atoms with Gasteiger partial charge < -0.3 is 19.7 Å². The molecule has 2 rings (SSSR count). The van der Waals surface area contributed by atoms with E-state index in [-0.39, 0.29) is 18.6 Å². The number of aliphatic hydroxyl groups is 2. The van der Waals surface area contributed by atoms with Crippen LogP contribution in [0.2, 0.25) is 0 Å². The monoisotopic (exact) mass is 370 g/mol. The number of hydrogen-bond acceptors (Lipinski definition) is 7. The number of rotatable bonds is 3. The van der Waals surface area contributed by atoms with Crippen molar-refractivity contribution in [2.45, 2.75) is 65.1 Å². The van der Waals surface area contributed by atoms with Gasteiger partial charge in [0.2, 0.25) is 0 Å². The van der Waals surface area contributed by atoms with Gasteiger partial charge in [0.15, 0.2) is 0 Å². The van der Waals surface area contributed by atoms with Crippen molar-refractivity contribution >= 4 is 6.09 Å². The lowest BCUT2D eigenvalue weighted by atomic mass is 10.0. The second-order valence-electron chi connectivity index (χ2n) is 7.55. The number of aromatic nitrogens is 2. The standard InChI is InChI=1S/C17H26N2O7/c1-9-8-18(14-10(2)12(21)11(25-14)6-7-20)15(23)19(13(9)22)16(24)26-17(3,4)5/h8,10-12,14,20-21H,6-7H2,1-5H3/t10?,11-,12-,14-/m1/s1. The maximum atomic E-state index is 12.8. The van der Waals surface area contributed by atoms with E-state index in [4.69, 9.17) is 14.6 Å². The van der Waals surface area contributed by atoms with Crippen LogP contribution in [0.3, 0.4) is 0 Å². The molecule has 0 aromatic carbocycles. The van der Waals surface area contributed by atoms with Crippen LogP contribution < -0.4 is 11.2 Å². The number of nitrogens with zero attached hydrogens (tertiary/aromatic N) is 2. The highest BCUT2D eigenvalue weighted by atomic mass is 16.6. The molecule has 0 spiro atoms. The average Bonchev–Trinajstić information content (AvgIpc) is 2.78. The summed E-state index contributed by atoms with van der Waals surface area (Å²) in [7, 11) is 0. The van der Waals surface area contributed by atoms with Crippen LogP contribution >= 0.6 is 0 Å². The van der Waals surface area contributed by atoms with Crippen LogP contribution in [0.15, 0.2) is 15.8 Å². The molecule has 0 bridgehead atoms. The van der Waals surface area contributed by atoms with Gasteiger partial charge in [-0.05, 0) is 34.1 Å². The van der Waals surface area contributed by atoms with E-state index >= 15 is 0 Å². The highest BCUT2D eigenvalue weighted by Crippen LogP contribution is 2.34. The summed E-state index contributed by atoms with van der Waals surface area (Å²) in [6.07, 6.45) is -1.96. The molecular weight excluding hydrogens is 344 g/mol. The zero-order valence-corrected chi connectivity index (χ0v) is 15.6. The van der Waals surface area contributed by atoms with Crippen LogP contribution in [0.4, 0.5) is 4.79 Å². The van der Waals surface area contributed by atoms with Crippen molar-refractivity contribution in [2.75, 3.05) is 6.61 Å². The molecule has 1 unspecified atom stereocenters. The van der Waals surface area contributed by atoms with Crippen molar-refractivity contribution in [1.29, 1.82) is 0 Å². The molecule has 0 aliphatic carbocycles. The van der Waals surface area contributed by atoms with Crippen LogP contribution in [0.25, 0.3) is 0 Å². The third-order valence-electron chi connectivity index (χ3n) is 4.23.